The Balaban J connectivity index is 2.07. The Morgan fingerprint density at radius 1 is 1.12 bits per heavy atom. The van der Waals surface area contributed by atoms with Crippen LogP contribution in [0.1, 0.15) is 58.2 Å². The molecule has 1 aromatic heterocycles. The number of hydrogen-bond donors (Lipinski definition) is 2. The normalized spacial score (nSPS) is 15.0. The number of carbonyl (C=O) groups excluding carboxylic acids is 2. The summed E-state index contributed by atoms with van der Waals surface area (Å²) in [5.74, 6) is -0.467. The van der Waals surface area contributed by atoms with Gasteiger partial charge in [0.25, 0.3) is 5.56 Å². The number of benzene rings is 1. The van der Waals surface area contributed by atoms with Gasteiger partial charge in [0.15, 0.2) is 5.69 Å². The molecule has 2 aromatic rings. The summed E-state index contributed by atoms with van der Waals surface area (Å²) >= 11 is 0. The lowest BCUT2D eigenvalue weighted by molar-refractivity contribution is -0.129. The predicted molar refractivity (Wildman–Crippen MR) is 133 cm³/mol. The van der Waals surface area contributed by atoms with Crippen molar-refractivity contribution in [3.05, 3.63) is 62.4 Å². The number of nitrogens with zero attached hydrogens (tertiary/aromatic N) is 3. The van der Waals surface area contributed by atoms with E-state index in [1.54, 1.807) is 6.20 Å². The second kappa shape index (κ2) is 10.1. The Morgan fingerprint density at radius 2 is 1.79 bits per heavy atom. The largest absolute Gasteiger partial charge is 0.383 e. The van der Waals surface area contributed by atoms with Crippen LogP contribution in [-0.4, -0.2) is 32.8 Å². The lowest BCUT2D eigenvalue weighted by Gasteiger charge is -2.34. The number of carbonyl (C=O) groups is 2. The molecular weight excluding hydrogens is 434 g/mol. The Bertz CT molecular complexity index is 1220. The molecule has 0 fully saturated rings. The smallest absolute Gasteiger partial charge is 0.330 e. The van der Waals surface area contributed by atoms with Gasteiger partial charge in [0, 0.05) is 26.2 Å². The fourth-order valence-corrected chi connectivity index (χ4v) is 4.26. The third-order valence-corrected chi connectivity index (χ3v) is 5.72. The van der Waals surface area contributed by atoms with Crippen molar-refractivity contribution in [1.29, 1.82) is 0 Å². The van der Waals surface area contributed by atoms with Gasteiger partial charge in [-0.2, -0.15) is 0 Å². The van der Waals surface area contributed by atoms with Gasteiger partial charge in [-0.25, -0.2) is 4.79 Å². The van der Waals surface area contributed by atoms with Crippen LogP contribution in [0.15, 0.2) is 40.1 Å². The molecule has 34 heavy (non-hydrogen) atoms. The number of nitrogens with two attached hydrogens (primary N) is 1. The molecule has 0 spiro atoms. The number of rotatable bonds is 7. The molecule has 9 heteroatoms. The molecule has 3 rings (SSSR count). The van der Waals surface area contributed by atoms with Crippen molar-refractivity contribution in [3.8, 4) is 0 Å². The second-order valence-electron chi connectivity index (χ2n) is 9.49. The number of fused-ring (bicyclic) bond motifs is 1. The Kier molecular flexibility index (Phi) is 7.44. The minimum atomic E-state index is -0.705. The van der Waals surface area contributed by atoms with Crippen molar-refractivity contribution in [2.24, 2.45) is 11.8 Å². The van der Waals surface area contributed by atoms with Gasteiger partial charge in [-0.1, -0.05) is 52.0 Å². The van der Waals surface area contributed by atoms with Gasteiger partial charge in [-0.3, -0.25) is 23.9 Å². The summed E-state index contributed by atoms with van der Waals surface area (Å²) in [6.45, 7) is 9.69. The lowest BCUT2D eigenvalue weighted by atomic mass is 9.93. The van der Waals surface area contributed by atoms with E-state index in [2.05, 4.69) is 4.98 Å². The van der Waals surface area contributed by atoms with E-state index in [1.807, 2.05) is 58.0 Å². The van der Waals surface area contributed by atoms with Crippen LogP contribution in [-0.2, 0) is 16.1 Å². The highest BCUT2D eigenvalue weighted by Gasteiger charge is 2.32. The van der Waals surface area contributed by atoms with Crippen LogP contribution < -0.4 is 21.9 Å². The van der Waals surface area contributed by atoms with Crippen LogP contribution in [0, 0.1) is 11.8 Å². The minimum Gasteiger partial charge on any atom is -0.383 e. The topological polar surface area (TPSA) is 121 Å². The van der Waals surface area contributed by atoms with Crippen molar-refractivity contribution in [2.75, 3.05) is 17.2 Å². The molecule has 2 heterocycles. The second-order valence-corrected chi connectivity index (χ2v) is 9.49. The summed E-state index contributed by atoms with van der Waals surface area (Å²) in [5, 5.41) is 0. The van der Waals surface area contributed by atoms with Crippen molar-refractivity contribution in [3.63, 3.8) is 0 Å². The molecule has 9 nitrogen and oxygen atoms in total. The zero-order valence-electron chi connectivity index (χ0n) is 20.4. The van der Waals surface area contributed by atoms with Crippen molar-refractivity contribution >= 4 is 29.4 Å². The molecule has 3 N–H and O–H groups in total. The van der Waals surface area contributed by atoms with Gasteiger partial charge in [0.2, 0.25) is 11.8 Å². The van der Waals surface area contributed by atoms with Gasteiger partial charge in [0.1, 0.15) is 5.82 Å². The molecule has 1 atom stereocenters. The molecule has 182 valence electrons. The van der Waals surface area contributed by atoms with E-state index in [9.17, 15) is 19.2 Å². The summed E-state index contributed by atoms with van der Waals surface area (Å²) in [6.07, 6.45) is 3.48. The number of amides is 2. The molecule has 0 radical (unpaired) electrons. The molecule has 2 amide bonds. The quantitative estimate of drug-likeness (QED) is 0.648. The van der Waals surface area contributed by atoms with Crippen LogP contribution in [0.5, 0.6) is 0 Å². The summed E-state index contributed by atoms with van der Waals surface area (Å²) in [7, 11) is 0. The van der Waals surface area contributed by atoms with Gasteiger partial charge < -0.3 is 15.5 Å². The lowest BCUT2D eigenvalue weighted by Crippen LogP contribution is -2.44. The fraction of sp³-hybridized carbons (Fsp3) is 0.440. The average Bonchev–Trinajstić information content (AvgIpc) is 2.75. The SMILES string of the molecule is CC(=O)N1C=Cc2ccccc2[C@@H]1CC(=O)N(CC(C)C)c1c(N)n(CC(C)C)c(=O)[nH]c1=O. The molecule has 0 bridgehead atoms. The van der Waals surface area contributed by atoms with Crippen molar-refractivity contribution in [2.45, 2.75) is 53.6 Å². The number of anilines is 2. The molecule has 0 unspecified atom stereocenters. The molecule has 0 saturated heterocycles. The number of aromatic nitrogens is 2. The third-order valence-electron chi connectivity index (χ3n) is 5.72. The molecule has 1 aliphatic rings. The molecule has 1 aliphatic heterocycles. The van der Waals surface area contributed by atoms with Crippen LogP contribution in [0.4, 0.5) is 11.5 Å². The molecule has 1 aromatic carbocycles. The highest BCUT2D eigenvalue weighted by molar-refractivity contribution is 5.96. The van der Waals surface area contributed by atoms with E-state index in [0.29, 0.717) is 6.54 Å². The zero-order valence-corrected chi connectivity index (χ0v) is 20.4. The first-order chi connectivity index (χ1) is 16.0. The fourth-order valence-electron chi connectivity index (χ4n) is 4.26. The van der Waals surface area contributed by atoms with E-state index in [0.717, 1.165) is 11.1 Å². The first-order valence-electron chi connectivity index (χ1n) is 11.5. The van der Waals surface area contributed by atoms with Crippen molar-refractivity contribution < 1.29 is 9.59 Å². The van der Waals surface area contributed by atoms with Gasteiger partial charge in [-0.15, -0.1) is 0 Å². The van der Waals surface area contributed by atoms with E-state index < -0.39 is 17.3 Å². The number of aromatic amines is 1. The maximum absolute atomic E-state index is 13.7. The first kappa shape index (κ1) is 25.0. The van der Waals surface area contributed by atoms with E-state index in [4.69, 9.17) is 5.73 Å². The van der Waals surface area contributed by atoms with Crippen LogP contribution >= 0.6 is 0 Å². The number of H-pyrrole nitrogens is 1. The summed E-state index contributed by atoms with van der Waals surface area (Å²) in [4.78, 5) is 56.5. The number of nitrogen functional groups attached to an aromatic ring is 1. The summed E-state index contributed by atoms with van der Waals surface area (Å²) < 4.78 is 1.29. The number of hydrogen-bond acceptors (Lipinski definition) is 5. The molecule has 0 saturated carbocycles. The van der Waals surface area contributed by atoms with E-state index >= 15 is 0 Å². The highest BCUT2D eigenvalue weighted by Crippen LogP contribution is 2.34. The van der Waals surface area contributed by atoms with Gasteiger partial charge >= 0.3 is 5.69 Å². The summed E-state index contributed by atoms with van der Waals surface area (Å²) in [6, 6.07) is 7.06. The highest BCUT2D eigenvalue weighted by atomic mass is 16.2. The number of nitrogens with one attached hydrogen (secondary N) is 1. The van der Waals surface area contributed by atoms with Crippen molar-refractivity contribution in [1.82, 2.24) is 14.5 Å². The van der Waals surface area contributed by atoms with Crippen LogP contribution in [0.25, 0.3) is 6.08 Å². The maximum atomic E-state index is 13.7. The maximum Gasteiger partial charge on any atom is 0.330 e. The molecule has 0 aliphatic carbocycles. The average molecular weight is 468 g/mol. The predicted octanol–water partition coefficient (Wildman–Crippen LogP) is 2.73. The van der Waals surface area contributed by atoms with Gasteiger partial charge in [-0.05, 0) is 29.0 Å². The Morgan fingerprint density at radius 3 is 2.41 bits per heavy atom. The molecular formula is C25H33N5O4. The third kappa shape index (κ3) is 5.13. The Labute approximate surface area is 198 Å². The van der Waals surface area contributed by atoms with E-state index in [-0.39, 0.29) is 48.1 Å². The zero-order chi connectivity index (χ0) is 25.2. The van der Waals surface area contributed by atoms with E-state index in [1.165, 1.54) is 21.3 Å². The van der Waals surface area contributed by atoms with Gasteiger partial charge in [0.05, 0.1) is 12.5 Å². The monoisotopic (exact) mass is 467 g/mol. The minimum absolute atomic E-state index is 0.0238. The first-order valence-corrected chi connectivity index (χ1v) is 11.5. The summed E-state index contributed by atoms with van der Waals surface area (Å²) in [5.41, 5.74) is 6.74. The Hall–Kier alpha value is -3.62. The standard InChI is InChI=1S/C25H33N5O4/c1-15(2)13-29(22-23(26)30(14-16(3)4)25(34)27-24(22)33)21(32)12-20-19-9-7-6-8-18(19)10-11-28(20)17(5)31/h6-11,15-16,20H,12-14,26H2,1-5H3,(H,27,33,34)/t20-/m0/s1. The van der Waals surface area contributed by atoms with Crippen LogP contribution in [0.3, 0.4) is 0 Å². The van der Waals surface area contributed by atoms with Crippen LogP contribution in [0.2, 0.25) is 0 Å².